The molecule has 120 valence electrons. The molecule has 0 fully saturated rings. The molecule has 1 rings (SSSR count). The van der Waals surface area contributed by atoms with Gasteiger partial charge in [0.25, 0.3) is 0 Å². The van der Waals surface area contributed by atoms with Gasteiger partial charge in [-0.05, 0) is 53.0 Å². The smallest absolute Gasteiger partial charge is 1.00 e. The van der Waals surface area contributed by atoms with Crippen molar-refractivity contribution in [2.24, 2.45) is 5.92 Å². The first-order valence-electron chi connectivity index (χ1n) is 7.90. The summed E-state index contributed by atoms with van der Waals surface area (Å²) in [6.45, 7) is 26.6. The normalized spacial score (nSPS) is 20.0. The van der Waals surface area contributed by atoms with Gasteiger partial charge in [0.15, 0.2) is 0 Å². The molecule has 1 unspecified atom stereocenters. The predicted octanol–water partition coefficient (Wildman–Crippen LogP) is -0.559. The Morgan fingerprint density at radius 1 is 0.909 bits per heavy atom. The minimum absolute atomic E-state index is 0. The first-order valence-corrected chi connectivity index (χ1v) is 14.9. The zero-order valence-corrected chi connectivity index (χ0v) is 19.6. The quantitative estimate of drug-likeness (QED) is 0.686. The molecular weight excluding hydrogens is 288 g/mol. The van der Waals surface area contributed by atoms with Gasteiger partial charge >= 0.3 is 37.7 Å². The summed E-state index contributed by atoms with van der Waals surface area (Å²) in [4.78, 5) is 4.03. The van der Waals surface area contributed by atoms with Gasteiger partial charge in [-0.3, -0.25) is 0 Å². The van der Waals surface area contributed by atoms with Crippen molar-refractivity contribution in [3.05, 3.63) is 21.9 Å². The summed E-state index contributed by atoms with van der Waals surface area (Å²) >= 11 is 0. The van der Waals surface area contributed by atoms with Gasteiger partial charge in [-0.25, -0.2) is 0 Å². The van der Waals surface area contributed by atoms with Crippen LogP contribution in [0.15, 0.2) is 21.9 Å². The standard InChI is InChI=1S/C17H35NSi2.2Li.2H/c1-12-13(2)15(4)16(14(12)3)19(8,9)20(10,11)18-17(5,6)7;;;;/h14,18H,1-11H3;;;;/q;2*+1;2*-1. The van der Waals surface area contributed by atoms with Crippen molar-refractivity contribution >= 4 is 15.3 Å². The largest absolute Gasteiger partial charge is 1.00 e. The van der Waals surface area contributed by atoms with E-state index in [1.54, 1.807) is 21.9 Å². The topological polar surface area (TPSA) is 12.0 Å². The van der Waals surface area contributed by atoms with Crippen LogP contribution in [0.2, 0.25) is 26.2 Å². The third-order valence-electron chi connectivity index (χ3n) is 5.56. The molecule has 1 nitrogen and oxygen atoms in total. The zero-order chi connectivity index (χ0) is 16.1. The molecule has 22 heavy (non-hydrogen) atoms. The van der Waals surface area contributed by atoms with Crippen molar-refractivity contribution in [3.8, 4) is 0 Å². The Labute approximate surface area is 168 Å². The Balaban J connectivity index is -0.000000500. The van der Waals surface area contributed by atoms with E-state index in [4.69, 9.17) is 0 Å². The van der Waals surface area contributed by atoms with Crippen molar-refractivity contribution in [3.63, 3.8) is 0 Å². The molecule has 0 aromatic carbocycles. The molecule has 0 amide bonds. The molecule has 1 aliphatic rings. The van der Waals surface area contributed by atoms with E-state index in [0.29, 0.717) is 5.92 Å². The van der Waals surface area contributed by atoms with Crippen LogP contribution in [0, 0.1) is 5.92 Å². The summed E-state index contributed by atoms with van der Waals surface area (Å²) in [5, 5.41) is 1.81. The van der Waals surface area contributed by atoms with E-state index in [9.17, 15) is 0 Å². The number of allylic oxidation sites excluding steroid dienone is 4. The average Bonchev–Trinajstić information content (AvgIpc) is 2.39. The van der Waals surface area contributed by atoms with E-state index in [-0.39, 0.29) is 46.1 Å². The molecule has 0 radical (unpaired) electrons. The number of nitrogens with one attached hydrogen (secondary N) is 1. The summed E-state index contributed by atoms with van der Waals surface area (Å²) < 4.78 is 0. The Kier molecular flexibility index (Phi) is 9.16. The van der Waals surface area contributed by atoms with E-state index in [0.717, 1.165) is 0 Å². The molecule has 1 N–H and O–H groups in total. The van der Waals surface area contributed by atoms with Crippen molar-refractivity contribution in [2.45, 2.75) is 80.2 Å². The van der Waals surface area contributed by atoms with Gasteiger partial charge in [0, 0.05) is 5.54 Å². The Morgan fingerprint density at radius 2 is 1.32 bits per heavy atom. The molecule has 1 aliphatic carbocycles. The second-order valence-electron chi connectivity index (χ2n) is 8.69. The van der Waals surface area contributed by atoms with Crippen LogP contribution in [0.5, 0.6) is 0 Å². The fourth-order valence-corrected chi connectivity index (χ4v) is 14.4. The fraction of sp³-hybridized carbons (Fsp3) is 0.765. The van der Waals surface area contributed by atoms with Gasteiger partial charge in [0.05, 0.1) is 7.59 Å². The van der Waals surface area contributed by atoms with Gasteiger partial charge in [-0.2, -0.15) is 0 Å². The van der Waals surface area contributed by atoms with Crippen LogP contribution >= 0.6 is 0 Å². The molecule has 0 saturated carbocycles. The Morgan fingerprint density at radius 3 is 1.59 bits per heavy atom. The van der Waals surface area contributed by atoms with Gasteiger partial charge < -0.3 is 7.84 Å². The van der Waals surface area contributed by atoms with Crippen LogP contribution in [0.3, 0.4) is 0 Å². The first-order chi connectivity index (χ1) is 8.72. The maximum atomic E-state index is 4.03. The molecule has 0 saturated heterocycles. The van der Waals surface area contributed by atoms with Gasteiger partial charge in [-0.1, -0.05) is 49.5 Å². The predicted molar refractivity (Wildman–Crippen MR) is 100 cm³/mol. The molecule has 0 heterocycles. The molecule has 0 bridgehead atoms. The van der Waals surface area contributed by atoms with E-state index in [2.05, 4.69) is 79.6 Å². The van der Waals surface area contributed by atoms with Crippen molar-refractivity contribution in [2.75, 3.05) is 0 Å². The Hall–Kier alpha value is 1.07. The maximum absolute atomic E-state index is 4.03. The molecule has 5 heteroatoms. The molecule has 0 spiro atoms. The maximum Gasteiger partial charge on any atom is 1.00 e. The molecular formula is C17H37Li2NSi2. The van der Waals surface area contributed by atoms with E-state index in [1.807, 2.05) is 0 Å². The molecule has 0 aromatic rings. The van der Waals surface area contributed by atoms with Crippen LogP contribution in [0.25, 0.3) is 0 Å². The number of rotatable bonds is 3. The average molecular weight is 326 g/mol. The minimum Gasteiger partial charge on any atom is -1.00 e. The summed E-state index contributed by atoms with van der Waals surface area (Å²) in [5.74, 6) is 0.658. The summed E-state index contributed by atoms with van der Waals surface area (Å²) in [5.41, 5.74) is 4.96. The second kappa shape index (κ2) is 7.97. The third-order valence-corrected chi connectivity index (χ3v) is 22.8. The SMILES string of the molecule is CC1=C(C)C(C)C([Si](C)(C)[Si](C)(C)NC(C)(C)C)=C1C.[H-].[H-].[Li+].[Li+]. The van der Waals surface area contributed by atoms with Crippen LogP contribution < -0.4 is 42.7 Å². The van der Waals surface area contributed by atoms with Crippen molar-refractivity contribution in [1.29, 1.82) is 0 Å². The molecule has 0 aromatic heterocycles. The van der Waals surface area contributed by atoms with Gasteiger partial charge in [0.2, 0.25) is 0 Å². The molecule has 0 aliphatic heterocycles. The third kappa shape index (κ3) is 4.79. The van der Waals surface area contributed by atoms with E-state index >= 15 is 0 Å². The van der Waals surface area contributed by atoms with Crippen LogP contribution in [0.4, 0.5) is 0 Å². The summed E-state index contributed by atoms with van der Waals surface area (Å²) in [6, 6.07) is 0. The van der Waals surface area contributed by atoms with Crippen LogP contribution in [0.1, 0.15) is 51.3 Å². The van der Waals surface area contributed by atoms with Gasteiger partial charge in [0.1, 0.15) is 7.75 Å². The zero-order valence-electron chi connectivity index (χ0n) is 19.6. The Bertz CT molecular complexity index is 481. The van der Waals surface area contributed by atoms with E-state index < -0.39 is 15.3 Å². The van der Waals surface area contributed by atoms with Crippen LogP contribution in [-0.2, 0) is 0 Å². The summed E-state index contributed by atoms with van der Waals surface area (Å²) in [7, 11) is -2.92. The van der Waals surface area contributed by atoms with Crippen molar-refractivity contribution < 1.29 is 40.6 Å². The van der Waals surface area contributed by atoms with E-state index in [1.165, 1.54) is 0 Å². The monoisotopic (exact) mass is 325 g/mol. The van der Waals surface area contributed by atoms with Crippen molar-refractivity contribution in [1.82, 2.24) is 4.98 Å². The van der Waals surface area contributed by atoms with Crippen LogP contribution in [-0.4, -0.2) is 20.9 Å². The number of hydrogen-bond acceptors (Lipinski definition) is 1. The molecule has 1 atom stereocenters. The fourth-order valence-electron chi connectivity index (χ4n) is 3.80. The van der Waals surface area contributed by atoms with Gasteiger partial charge in [-0.15, -0.1) is 0 Å². The second-order valence-corrected chi connectivity index (χ2v) is 23.5. The minimum atomic E-state index is -1.47. The first kappa shape index (κ1) is 25.3. The number of hydrogen-bond donors (Lipinski definition) is 1. The summed E-state index contributed by atoms with van der Waals surface area (Å²) in [6.07, 6.45) is 0.